The van der Waals surface area contributed by atoms with Gasteiger partial charge >= 0.3 is 0 Å². The first kappa shape index (κ1) is 13.3. The minimum Gasteiger partial charge on any atom is -0.294 e. The second-order valence-electron chi connectivity index (χ2n) is 4.74. The number of rotatable bonds is 3. The number of halogens is 2. The summed E-state index contributed by atoms with van der Waals surface area (Å²) in [5.41, 5.74) is 2.63. The molecule has 0 atom stereocenters. The Labute approximate surface area is 120 Å². The van der Waals surface area contributed by atoms with Crippen LogP contribution in [0.1, 0.15) is 27.9 Å². The summed E-state index contributed by atoms with van der Waals surface area (Å²) in [5.74, 6) is -0.904. The Morgan fingerprint density at radius 3 is 2.70 bits per heavy atom. The highest BCUT2D eigenvalue weighted by Crippen LogP contribution is 2.33. The predicted molar refractivity (Wildman–Crippen MR) is 75.0 cm³/mol. The average Bonchev–Trinajstić information content (AvgIpc) is 2.83. The zero-order valence-corrected chi connectivity index (χ0v) is 11.5. The number of fused-ring (bicyclic) bond motifs is 1. The molecule has 4 heteroatoms. The molecule has 0 fully saturated rings. The quantitative estimate of drug-likeness (QED) is 0.780. The molecule has 1 aliphatic rings. The first-order valence-electron chi connectivity index (χ1n) is 6.37. The minimum absolute atomic E-state index is 0.190. The second kappa shape index (κ2) is 5.37. The van der Waals surface area contributed by atoms with Crippen LogP contribution in [-0.2, 0) is 12.2 Å². The molecule has 0 aliphatic heterocycles. The molecule has 0 saturated heterocycles. The van der Waals surface area contributed by atoms with Crippen LogP contribution in [0.4, 0.5) is 8.78 Å². The van der Waals surface area contributed by atoms with Crippen molar-refractivity contribution in [2.75, 3.05) is 0 Å². The fraction of sp³-hybridized carbons (Fsp3) is 0.188. The third kappa shape index (κ3) is 2.48. The van der Waals surface area contributed by atoms with E-state index in [1.807, 2.05) is 18.2 Å². The molecule has 2 aromatic carbocycles. The third-order valence-corrected chi connectivity index (χ3v) is 4.59. The van der Waals surface area contributed by atoms with Gasteiger partial charge in [0, 0.05) is 22.6 Å². The molecule has 0 spiro atoms. The average molecular weight is 290 g/mol. The summed E-state index contributed by atoms with van der Waals surface area (Å²) in [4.78, 5) is 12.7. The number of carbonyl (C=O) groups is 1. The van der Waals surface area contributed by atoms with Crippen molar-refractivity contribution in [2.45, 2.75) is 23.5 Å². The molecule has 0 radical (unpaired) electrons. The molecule has 0 aromatic heterocycles. The lowest BCUT2D eigenvalue weighted by molar-refractivity contribution is 0.0994. The van der Waals surface area contributed by atoms with E-state index in [0.29, 0.717) is 12.2 Å². The number of hydrogen-bond donors (Lipinski definition) is 0. The van der Waals surface area contributed by atoms with Crippen molar-refractivity contribution in [2.24, 2.45) is 0 Å². The van der Waals surface area contributed by atoms with E-state index in [9.17, 15) is 13.6 Å². The largest absolute Gasteiger partial charge is 0.294 e. The van der Waals surface area contributed by atoms with E-state index in [4.69, 9.17) is 0 Å². The van der Waals surface area contributed by atoms with Gasteiger partial charge in [0.15, 0.2) is 17.4 Å². The van der Waals surface area contributed by atoms with Gasteiger partial charge in [0.05, 0.1) is 0 Å². The van der Waals surface area contributed by atoms with Crippen LogP contribution in [0, 0.1) is 11.6 Å². The molecule has 0 amide bonds. The lowest BCUT2D eigenvalue weighted by atomic mass is 10.1. The van der Waals surface area contributed by atoms with Crippen molar-refractivity contribution in [3.05, 3.63) is 64.7 Å². The molecule has 0 N–H and O–H groups in total. The highest BCUT2D eigenvalue weighted by Gasteiger charge is 2.21. The molecule has 1 aliphatic carbocycles. The van der Waals surface area contributed by atoms with Crippen LogP contribution in [0.25, 0.3) is 0 Å². The van der Waals surface area contributed by atoms with E-state index in [0.717, 1.165) is 34.1 Å². The molecule has 3 rings (SSSR count). The molecular weight excluding hydrogens is 278 g/mol. The van der Waals surface area contributed by atoms with Gasteiger partial charge in [-0.15, -0.1) is 11.8 Å². The molecule has 0 saturated carbocycles. The standard InChI is InChI=1S/C16H12F2OS/c17-13-6-4-10(8-14(13)18)9-20-16-3-1-2-11-12(16)5-7-15(11)19/h1-4,6,8H,5,7,9H2. The van der Waals surface area contributed by atoms with Crippen molar-refractivity contribution in [3.8, 4) is 0 Å². The maximum absolute atomic E-state index is 13.1. The Morgan fingerprint density at radius 1 is 1.05 bits per heavy atom. The first-order valence-corrected chi connectivity index (χ1v) is 7.35. The zero-order valence-electron chi connectivity index (χ0n) is 10.7. The maximum Gasteiger partial charge on any atom is 0.163 e. The van der Waals surface area contributed by atoms with Gasteiger partial charge in [-0.2, -0.15) is 0 Å². The van der Waals surface area contributed by atoms with Crippen LogP contribution >= 0.6 is 11.8 Å². The SMILES string of the molecule is O=C1CCc2c(SCc3ccc(F)c(F)c3)cccc21. The number of ketones is 1. The molecule has 1 nitrogen and oxygen atoms in total. The summed E-state index contributed by atoms with van der Waals surface area (Å²) in [6.45, 7) is 0. The molecule has 102 valence electrons. The van der Waals surface area contributed by atoms with Crippen LogP contribution in [-0.4, -0.2) is 5.78 Å². The molecule has 0 bridgehead atoms. The number of thioether (sulfide) groups is 1. The predicted octanol–water partition coefficient (Wildman–Crippen LogP) is 4.39. The van der Waals surface area contributed by atoms with Crippen molar-refractivity contribution in [1.29, 1.82) is 0 Å². The normalized spacial score (nSPS) is 13.6. The first-order chi connectivity index (χ1) is 9.65. The van der Waals surface area contributed by atoms with Crippen LogP contribution in [0.2, 0.25) is 0 Å². The Kier molecular flexibility index (Phi) is 3.57. The van der Waals surface area contributed by atoms with Gasteiger partial charge in [0.1, 0.15) is 0 Å². The summed E-state index contributed by atoms with van der Waals surface area (Å²) in [5, 5.41) is 0. The molecule has 2 aromatic rings. The number of carbonyl (C=O) groups excluding carboxylic acids is 1. The van der Waals surface area contributed by atoms with Crippen LogP contribution in [0.5, 0.6) is 0 Å². The van der Waals surface area contributed by atoms with E-state index in [2.05, 4.69) is 0 Å². The number of hydrogen-bond acceptors (Lipinski definition) is 2. The van der Waals surface area contributed by atoms with E-state index >= 15 is 0 Å². The minimum atomic E-state index is -0.829. The van der Waals surface area contributed by atoms with E-state index < -0.39 is 11.6 Å². The summed E-state index contributed by atoms with van der Waals surface area (Å²) < 4.78 is 26.0. The lowest BCUT2D eigenvalue weighted by Crippen LogP contribution is -1.92. The van der Waals surface area contributed by atoms with Gasteiger partial charge in [0.25, 0.3) is 0 Å². The lowest BCUT2D eigenvalue weighted by Gasteiger charge is -2.07. The Hall–Kier alpha value is -1.68. The summed E-state index contributed by atoms with van der Waals surface area (Å²) in [6.07, 6.45) is 1.34. The molecule has 0 unspecified atom stereocenters. The Balaban J connectivity index is 1.79. The van der Waals surface area contributed by atoms with Gasteiger partial charge in [-0.25, -0.2) is 8.78 Å². The van der Waals surface area contributed by atoms with E-state index in [1.165, 1.54) is 6.07 Å². The van der Waals surface area contributed by atoms with Crippen molar-refractivity contribution >= 4 is 17.5 Å². The van der Waals surface area contributed by atoms with Gasteiger partial charge in [-0.1, -0.05) is 18.2 Å². The fourth-order valence-electron chi connectivity index (χ4n) is 2.38. The van der Waals surface area contributed by atoms with Crippen molar-refractivity contribution < 1.29 is 13.6 Å². The monoisotopic (exact) mass is 290 g/mol. The van der Waals surface area contributed by atoms with E-state index in [1.54, 1.807) is 17.8 Å². The summed E-state index contributed by atoms with van der Waals surface area (Å²) in [6, 6.07) is 9.64. The maximum atomic E-state index is 13.1. The van der Waals surface area contributed by atoms with Crippen molar-refractivity contribution in [3.63, 3.8) is 0 Å². The van der Waals surface area contributed by atoms with Crippen LogP contribution < -0.4 is 0 Å². The van der Waals surface area contributed by atoms with E-state index in [-0.39, 0.29) is 5.78 Å². The highest BCUT2D eigenvalue weighted by atomic mass is 32.2. The fourth-order valence-corrected chi connectivity index (χ4v) is 3.45. The molecule has 20 heavy (non-hydrogen) atoms. The third-order valence-electron chi connectivity index (χ3n) is 3.41. The number of Topliss-reactive ketones (excluding diaryl/α,β-unsaturated/α-hetero) is 1. The molecular formula is C16H12F2OS. The van der Waals surface area contributed by atoms with Crippen LogP contribution in [0.3, 0.4) is 0 Å². The van der Waals surface area contributed by atoms with Gasteiger partial charge in [-0.05, 0) is 35.7 Å². The van der Waals surface area contributed by atoms with Gasteiger partial charge in [-0.3, -0.25) is 4.79 Å². The Morgan fingerprint density at radius 2 is 1.90 bits per heavy atom. The second-order valence-corrected chi connectivity index (χ2v) is 5.76. The zero-order chi connectivity index (χ0) is 14.1. The smallest absolute Gasteiger partial charge is 0.163 e. The highest BCUT2D eigenvalue weighted by molar-refractivity contribution is 7.98. The topological polar surface area (TPSA) is 17.1 Å². The van der Waals surface area contributed by atoms with Crippen molar-refractivity contribution in [1.82, 2.24) is 0 Å². The summed E-state index contributed by atoms with van der Waals surface area (Å²) in [7, 11) is 0. The summed E-state index contributed by atoms with van der Waals surface area (Å²) >= 11 is 1.55. The number of benzene rings is 2. The van der Waals surface area contributed by atoms with Gasteiger partial charge < -0.3 is 0 Å². The van der Waals surface area contributed by atoms with Gasteiger partial charge in [0.2, 0.25) is 0 Å². The van der Waals surface area contributed by atoms with Crippen LogP contribution in [0.15, 0.2) is 41.3 Å². The molecule has 0 heterocycles. The Bertz CT molecular complexity index is 682.